The Kier molecular flexibility index (Phi) is 7.18. The molecule has 27 heavy (non-hydrogen) atoms. The van der Waals surface area contributed by atoms with E-state index in [-0.39, 0.29) is 24.2 Å². The van der Waals surface area contributed by atoms with Crippen LogP contribution in [0.1, 0.15) is 37.7 Å². The van der Waals surface area contributed by atoms with Crippen LogP contribution in [-0.2, 0) is 16.1 Å². The maximum Gasteiger partial charge on any atom is 0.224 e. The molecule has 0 radical (unpaired) electrons. The summed E-state index contributed by atoms with van der Waals surface area (Å²) in [6.07, 6.45) is 8.21. The zero-order valence-electron chi connectivity index (χ0n) is 16.0. The second-order valence-electron chi connectivity index (χ2n) is 7.70. The normalized spacial score (nSPS) is 22.4. The summed E-state index contributed by atoms with van der Waals surface area (Å²) in [6, 6.07) is 4.73. The number of carbonyl (C=O) groups is 2. The van der Waals surface area contributed by atoms with E-state index in [2.05, 4.69) is 32.2 Å². The van der Waals surface area contributed by atoms with Crippen molar-refractivity contribution in [1.82, 2.24) is 20.1 Å². The van der Waals surface area contributed by atoms with Crippen LogP contribution in [-0.4, -0.2) is 65.4 Å². The van der Waals surface area contributed by atoms with Gasteiger partial charge in [0, 0.05) is 44.5 Å². The van der Waals surface area contributed by atoms with E-state index >= 15 is 0 Å². The van der Waals surface area contributed by atoms with E-state index in [1.165, 1.54) is 5.56 Å². The van der Waals surface area contributed by atoms with Crippen molar-refractivity contribution in [3.8, 4) is 0 Å². The van der Waals surface area contributed by atoms with Crippen LogP contribution in [0.2, 0.25) is 0 Å². The first-order valence-corrected chi connectivity index (χ1v) is 10.0. The van der Waals surface area contributed by atoms with Gasteiger partial charge in [-0.2, -0.15) is 0 Å². The highest BCUT2D eigenvalue weighted by Gasteiger charge is 2.31. The van der Waals surface area contributed by atoms with Gasteiger partial charge in [0.15, 0.2) is 0 Å². The molecule has 7 nitrogen and oxygen atoms in total. The highest BCUT2D eigenvalue weighted by molar-refractivity contribution is 5.80. The first-order valence-electron chi connectivity index (χ1n) is 10.0. The van der Waals surface area contributed by atoms with Crippen LogP contribution < -0.4 is 11.1 Å². The number of primary amides is 1. The van der Waals surface area contributed by atoms with Crippen LogP contribution >= 0.6 is 0 Å². The standard InChI is InChI=1S/C20H31N5O2/c21-19(26)5-10-23-20(27)17-2-1-11-25(15-17)18-6-12-24(13-7-18)14-16-3-8-22-9-4-16/h3-4,8-9,17-18H,1-2,5-7,10-15H2,(H2,21,26)(H,23,27)/t17-/m0/s1. The Morgan fingerprint density at radius 3 is 2.59 bits per heavy atom. The third-order valence-corrected chi connectivity index (χ3v) is 5.72. The number of nitrogens with two attached hydrogens (primary N) is 1. The molecule has 3 N–H and O–H groups in total. The van der Waals surface area contributed by atoms with Crippen molar-refractivity contribution in [2.24, 2.45) is 11.7 Å². The Morgan fingerprint density at radius 1 is 1.15 bits per heavy atom. The van der Waals surface area contributed by atoms with E-state index < -0.39 is 0 Å². The Morgan fingerprint density at radius 2 is 1.89 bits per heavy atom. The van der Waals surface area contributed by atoms with Gasteiger partial charge in [-0.1, -0.05) is 0 Å². The Hall–Kier alpha value is -1.99. The molecule has 0 aromatic carbocycles. The molecule has 2 fully saturated rings. The highest BCUT2D eigenvalue weighted by Crippen LogP contribution is 2.24. The zero-order chi connectivity index (χ0) is 19.1. The van der Waals surface area contributed by atoms with Crippen molar-refractivity contribution in [3.63, 3.8) is 0 Å². The van der Waals surface area contributed by atoms with Gasteiger partial charge in [0.25, 0.3) is 0 Å². The number of piperidine rings is 2. The lowest BCUT2D eigenvalue weighted by Gasteiger charge is -2.42. The minimum Gasteiger partial charge on any atom is -0.370 e. The SMILES string of the molecule is NC(=O)CCNC(=O)[C@H]1CCCN(C2CCN(Cc3ccncc3)CC2)C1. The van der Waals surface area contributed by atoms with Crippen LogP contribution in [0.25, 0.3) is 0 Å². The molecule has 2 saturated heterocycles. The predicted molar refractivity (Wildman–Crippen MR) is 104 cm³/mol. The van der Waals surface area contributed by atoms with Crippen molar-refractivity contribution in [3.05, 3.63) is 30.1 Å². The monoisotopic (exact) mass is 373 g/mol. The second kappa shape index (κ2) is 9.80. The van der Waals surface area contributed by atoms with E-state index in [0.717, 1.165) is 58.4 Å². The largest absolute Gasteiger partial charge is 0.370 e. The van der Waals surface area contributed by atoms with Crippen molar-refractivity contribution in [2.75, 3.05) is 32.7 Å². The first-order chi connectivity index (χ1) is 13.1. The van der Waals surface area contributed by atoms with Gasteiger partial charge in [-0.3, -0.25) is 24.4 Å². The summed E-state index contributed by atoms with van der Waals surface area (Å²) in [6.45, 7) is 5.44. The molecule has 2 amide bonds. The smallest absolute Gasteiger partial charge is 0.224 e. The maximum atomic E-state index is 12.4. The molecule has 1 aromatic heterocycles. The van der Waals surface area contributed by atoms with Gasteiger partial charge in [0.2, 0.25) is 11.8 Å². The number of hydrogen-bond donors (Lipinski definition) is 2. The number of nitrogens with zero attached hydrogens (tertiary/aromatic N) is 3. The van der Waals surface area contributed by atoms with Crippen molar-refractivity contribution in [2.45, 2.75) is 44.7 Å². The average molecular weight is 374 g/mol. The van der Waals surface area contributed by atoms with Crippen molar-refractivity contribution < 1.29 is 9.59 Å². The van der Waals surface area contributed by atoms with Crippen LogP contribution in [0, 0.1) is 5.92 Å². The number of nitrogens with one attached hydrogen (secondary N) is 1. The molecule has 2 aliphatic heterocycles. The molecule has 0 spiro atoms. The number of amides is 2. The molecular weight excluding hydrogens is 342 g/mol. The van der Waals surface area contributed by atoms with Crippen LogP contribution in [0.15, 0.2) is 24.5 Å². The summed E-state index contributed by atoms with van der Waals surface area (Å²) in [7, 11) is 0. The lowest BCUT2D eigenvalue weighted by atomic mass is 9.93. The zero-order valence-corrected chi connectivity index (χ0v) is 16.0. The molecule has 0 saturated carbocycles. The molecule has 3 heterocycles. The quantitative estimate of drug-likeness (QED) is 0.736. The molecule has 0 bridgehead atoms. The van der Waals surface area contributed by atoms with E-state index in [4.69, 9.17) is 5.73 Å². The van der Waals surface area contributed by atoms with Crippen LogP contribution in [0.5, 0.6) is 0 Å². The van der Waals surface area contributed by atoms with Gasteiger partial charge >= 0.3 is 0 Å². The number of rotatable bonds is 7. The van der Waals surface area contributed by atoms with Crippen molar-refractivity contribution in [1.29, 1.82) is 0 Å². The highest BCUT2D eigenvalue weighted by atomic mass is 16.2. The lowest BCUT2D eigenvalue weighted by Crippen LogP contribution is -2.50. The summed E-state index contributed by atoms with van der Waals surface area (Å²) in [5, 5.41) is 2.86. The summed E-state index contributed by atoms with van der Waals surface area (Å²) in [4.78, 5) is 32.3. The van der Waals surface area contributed by atoms with Crippen LogP contribution in [0.4, 0.5) is 0 Å². The number of pyridine rings is 1. The van der Waals surface area contributed by atoms with E-state index in [1.54, 1.807) is 0 Å². The third kappa shape index (κ3) is 6.01. The number of hydrogen-bond acceptors (Lipinski definition) is 5. The molecule has 1 atom stereocenters. The van der Waals surface area contributed by atoms with Gasteiger partial charge in [-0.25, -0.2) is 0 Å². The Bertz CT molecular complexity index is 616. The number of carbonyl (C=O) groups excluding carboxylic acids is 2. The van der Waals surface area contributed by atoms with Crippen molar-refractivity contribution >= 4 is 11.8 Å². The lowest BCUT2D eigenvalue weighted by molar-refractivity contribution is -0.127. The fourth-order valence-electron chi connectivity index (χ4n) is 4.19. The molecule has 7 heteroatoms. The first kappa shape index (κ1) is 19.8. The minimum atomic E-state index is -0.376. The topological polar surface area (TPSA) is 91.6 Å². The van der Waals surface area contributed by atoms with Crippen LogP contribution in [0.3, 0.4) is 0 Å². The van der Waals surface area contributed by atoms with E-state index in [0.29, 0.717) is 12.6 Å². The summed E-state index contributed by atoms with van der Waals surface area (Å²) >= 11 is 0. The van der Waals surface area contributed by atoms with Gasteiger partial charge in [0.05, 0.1) is 5.92 Å². The van der Waals surface area contributed by atoms with Gasteiger partial charge in [0.1, 0.15) is 0 Å². The molecule has 3 rings (SSSR count). The molecule has 148 valence electrons. The number of aromatic nitrogens is 1. The maximum absolute atomic E-state index is 12.4. The molecule has 0 unspecified atom stereocenters. The molecular formula is C20H31N5O2. The van der Waals surface area contributed by atoms with E-state index in [1.807, 2.05) is 12.4 Å². The summed E-state index contributed by atoms with van der Waals surface area (Å²) in [5.74, 6) is -0.281. The van der Waals surface area contributed by atoms with Gasteiger partial charge < -0.3 is 11.1 Å². The second-order valence-corrected chi connectivity index (χ2v) is 7.70. The summed E-state index contributed by atoms with van der Waals surface area (Å²) < 4.78 is 0. The fraction of sp³-hybridized carbons (Fsp3) is 0.650. The minimum absolute atomic E-state index is 0.0291. The molecule has 1 aromatic rings. The average Bonchev–Trinajstić information content (AvgIpc) is 2.69. The van der Waals surface area contributed by atoms with Gasteiger partial charge in [-0.05, 0) is 63.0 Å². The Labute approximate surface area is 161 Å². The van der Waals surface area contributed by atoms with Gasteiger partial charge in [-0.15, -0.1) is 0 Å². The van der Waals surface area contributed by atoms with E-state index in [9.17, 15) is 9.59 Å². The predicted octanol–water partition coefficient (Wildman–Crippen LogP) is 0.750. The molecule has 0 aliphatic carbocycles. The fourth-order valence-corrected chi connectivity index (χ4v) is 4.19. The third-order valence-electron chi connectivity index (χ3n) is 5.72. The Balaban J connectivity index is 1.42. The summed E-state index contributed by atoms with van der Waals surface area (Å²) in [5.41, 5.74) is 6.44. The molecule has 2 aliphatic rings. The number of likely N-dealkylation sites (tertiary alicyclic amines) is 2.